The number of benzene rings is 3. The van der Waals surface area contributed by atoms with Crippen molar-refractivity contribution in [3.05, 3.63) is 95.2 Å². The summed E-state index contributed by atoms with van der Waals surface area (Å²) in [6, 6.07) is 23.1. The minimum absolute atomic E-state index is 0.0119. The van der Waals surface area contributed by atoms with Crippen LogP contribution in [0.2, 0.25) is 0 Å². The summed E-state index contributed by atoms with van der Waals surface area (Å²) < 4.78 is 11.4. The molecular formula is C34H38N2O4. The van der Waals surface area contributed by atoms with Crippen LogP contribution in [0.5, 0.6) is 11.5 Å². The second-order valence-electron chi connectivity index (χ2n) is 10.4. The Balaban J connectivity index is 1.67. The van der Waals surface area contributed by atoms with Gasteiger partial charge in [-0.1, -0.05) is 62.2 Å². The molecule has 0 saturated carbocycles. The predicted octanol–water partition coefficient (Wildman–Crippen LogP) is 7.57. The number of rotatable bonds is 9. The molecule has 2 atom stereocenters. The van der Waals surface area contributed by atoms with Crippen molar-refractivity contribution in [1.82, 2.24) is 0 Å². The quantitative estimate of drug-likeness (QED) is 0.285. The fraction of sp³-hybridized carbons (Fsp3) is 0.353. The van der Waals surface area contributed by atoms with E-state index < -0.39 is 6.04 Å². The van der Waals surface area contributed by atoms with Gasteiger partial charge in [0.2, 0.25) is 5.91 Å². The first-order valence-electron chi connectivity index (χ1n) is 14.4. The standard InChI is InChI=1S/C34H38N2O4/c1-4-6-7-16-32(38)36-29-14-10-9-13-27(29)35-28-21-24(23-17-19-25(39-3)20-18-23)22-30(37)33(28)34(36)26-12-8-11-15-31(26)40-5-2/h8-15,17-20,24,34-35H,4-7,16,21-22H2,1-3H3/t24-,34+/m0/s1. The lowest BCUT2D eigenvalue weighted by Crippen LogP contribution is -2.38. The number of methoxy groups -OCH3 is 1. The number of amides is 1. The maximum absolute atomic E-state index is 14.2. The number of hydrogen-bond donors (Lipinski definition) is 1. The molecule has 1 amide bonds. The number of Topliss-reactive ketones (excluding diaryl/α,β-unsaturated/α-hetero) is 1. The second-order valence-corrected chi connectivity index (χ2v) is 10.4. The van der Waals surface area contributed by atoms with Crippen molar-refractivity contribution in [2.45, 2.75) is 64.3 Å². The van der Waals surface area contributed by atoms with Gasteiger partial charge in [0.25, 0.3) is 0 Å². The first-order chi connectivity index (χ1) is 19.5. The Labute approximate surface area is 237 Å². The molecule has 1 aliphatic heterocycles. The molecule has 0 aromatic heterocycles. The van der Waals surface area contributed by atoms with Crippen LogP contribution in [-0.2, 0) is 9.59 Å². The van der Waals surface area contributed by atoms with E-state index in [1.165, 1.54) is 0 Å². The number of para-hydroxylation sites is 3. The number of anilines is 2. The number of carbonyl (C=O) groups excluding carboxylic acids is 2. The van der Waals surface area contributed by atoms with Crippen molar-refractivity contribution in [3.8, 4) is 11.5 Å². The third kappa shape index (κ3) is 5.48. The van der Waals surface area contributed by atoms with Crippen LogP contribution in [0.4, 0.5) is 11.4 Å². The van der Waals surface area contributed by atoms with Gasteiger partial charge in [-0.2, -0.15) is 0 Å². The molecular weight excluding hydrogens is 500 g/mol. The van der Waals surface area contributed by atoms with Gasteiger partial charge in [-0.05, 0) is 61.6 Å². The molecule has 2 aliphatic rings. The van der Waals surface area contributed by atoms with Crippen LogP contribution in [0.1, 0.15) is 75.5 Å². The van der Waals surface area contributed by atoms with E-state index in [1.807, 2.05) is 84.6 Å². The highest BCUT2D eigenvalue weighted by molar-refractivity contribution is 6.06. The molecule has 1 aliphatic carbocycles. The smallest absolute Gasteiger partial charge is 0.227 e. The molecule has 3 aromatic rings. The Bertz CT molecular complexity index is 1400. The molecule has 0 unspecified atom stereocenters. The van der Waals surface area contributed by atoms with Gasteiger partial charge < -0.3 is 14.8 Å². The first kappa shape index (κ1) is 27.5. The van der Waals surface area contributed by atoms with E-state index in [1.54, 1.807) is 7.11 Å². The summed E-state index contributed by atoms with van der Waals surface area (Å²) >= 11 is 0. The van der Waals surface area contributed by atoms with E-state index in [0.29, 0.717) is 37.2 Å². The topological polar surface area (TPSA) is 67.9 Å². The van der Waals surface area contributed by atoms with Gasteiger partial charge in [-0.3, -0.25) is 14.5 Å². The fourth-order valence-electron chi connectivity index (χ4n) is 5.91. The first-order valence-corrected chi connectivity index (χ1v) is 14.4. The molecule has 40 heavy (non-hydrogen) atoms. The number of nitrogens with one attached hydrogen (secondary N) is 1. The van der Waals surface area contributed by atoms with Gasteiger partial charge in [-0.25, -0.2) is 0 Å². The van der Waals surface area contributed by atoms with Gasteiger partial charge >= 0.3 is 0 Å². The third-order valence-electron chi connectivity index (χ3n) is 7.85. The molecule has 0 bridgehead atoms. The number of allylic oxidation sites excluding steroid dienone is 1. The fourth-order valence-corrected chi connectivity index (χ4v) is 5.91. The average molecular weight is 539 g/mol. The molecule has 1 N–H and O–H groups in total. The van der Waals surface area contributed by atoms with Gasteiger partial charge in [-0.15, -0.1) is 0 Å². The van der Waals surface area contributed by atoms with Crippen LogP contribution in [0.3, 0.4) is 0 Å². The maximum atomic E-state index is 14.2. The largest absolute Gasteiger partial charge is 0.497 e. The van der Waals surface area contributed by atoms with E-state index in [2.05, 4.69) is 12.2 Å². The van der Waals surface area contributed by atoms with Crippen LogP contribution in [0.25, 0.3) is 0 Å². The highest BCUT2D eigenvalue weighted by atomic mass is 16.5. The van der Waals surface area contributed by atoms with E-state index in [4.69, 9.17) is 9.47 Å². The van der Waals surface area contributed by atoms with Crippen LogP contribution in [0.15, 0.2) is 84.1 Å². The SMILES string of the molecule is CCCCCC(=O)N1c2ccccc2NC2=C(C(=O)C[C@@H](c3ccc(OC)cc3)C2)[C@H]1c1ccccc1OCC. The van der Waals surface area contributed by atoms with Crippen LogP contribution < -0.4 is 19.7 Å². The molecule has 0 saturated heterocycles. The number of carbonyl (C=O) groups is 2. The number of ketones is 1. The summed E-state index contributed by atoms with van der Waals surface area (Å²) in [4.78, 5) is 30.2. The summed E-state index contributed by atoms with van der Waals surface area (Å²) in [7, 11) is 1.65. The maximum Gasteiger partial charge on any atom is 0.227 e. The van der Waals surface area contributed by atoms with E-state index in [0.717, 1.165) is 53.2 Å². The predicted molar refractivity (Wildman–Crippen MR) is 159 cm³/mol. The lowest BCUT2D eigenvalue weighted by atomic mass is 9.78. The number of hydrogen-bond acceptors (Lipinski definition) is 5. The Kier molecular flexibility index (Phi) is 8.54. The Morgan fingerprint density at radius 2 is 1.70 bits per heavy atom. The highest BCUT2D eigenvalue weighted by Crippen LogP contribution is 2.49. The monoisotopic (exact) mass is 538 g/mol. The molecule has 1 heterocycles. The van der Waals surface area contributed by atoms with Crippen LogP contribution >= 0.6 is 0 Å². The third-order valence-corrected chi connectivity index (χ3v) is 7.85. The second kappa shape index (κ2) is 12.4. The Morgan fingerprint density at radius 1 is 0.950 bits per heavy atom. The summed E-state index contributed by atoms with van der Waals surface area (Å²) in [5, 5.41) is 3.62. The van der Waals surface area contributed by atoms with Gasteiger partial charge in [0.15, 0.2) is 5.78 Å². The van der Waals surface area contributed by atoms with Crippen molar-refractivity contribution >= 4 is 23.1 Å². The molecule has 0 fully saturated rings. The van der Waals surface area contributed by atoms with E-state index >= 15 is 0 Å². The molecule has 0 radical (unpaired) electrons. The molecule has 208 valence electrons. The van der Waals surface area contributed by atoms with E-state index in [-0.39, 0.29) is 17.6 Å². The summed E-state index contributed by atoms with van der Waals surface area (Å²) in [5.74, 6) is 1.56. The Hall–Kier alpha value is -4.06. The minimum atomic E-state index is -0.590. The zero-order chi connectivity index (χ0) is 28.1. The average Bonchev–Trinajstić information content (AvgIpc) is 3.12. The van der Waals surface area contributed by atoms with Crippen molar-refractivity contribution in [1.29, 1.82) is 0 Å². The number of nitrogens with zero attached hydrogens (tertiary/aromatic N) is 1. The lowest BCUT2D eigenvalue weighted by Gasteiger charge is -2.36. The Morgan fingerprint density at radius 3 is 2.45 bits per heavy atom. The zero-order valence-electron chi connectivity index (χ0n) is 23.6. The van der Waals surface area contributed by atoms with Gasteiger partial charge in [0, 0.05) is 29.7 Å². The molecule has 6 nitrogen and oxygen atoms in total. The normalized spacial score (nSPS) is 18.4. The molecule has 5 rings (SSSR count). The van der Waals surface area contributed by atoms with Crippen molar-refractivity contribution in [2.75, 3.05) is 23.9 Å². The molecule has 6 heteroatoms. The van der Waals surface area contributed by atoms with Crippen molar-refractivity contribution in [2.24, 2.45) is 0 Å². The van der Waals surface area contributed by atoms with Gasteiger partial charge in [0.05, 0.1) is 31.1 Å². The zero-order valence-corrected chi connectivity index (χ0v) is 23.6. The molecule has 0 spiro atoms. The summed E-state index contributed by atoms with van der Waals surface area (Å²) in [6.45, 7) is 4.57. The lowest BCUT2D eigenvalue weighted by molar-refractivity contribution is -0.119. The highest BCUT2D eigenvalue weighted by Gasteiger charge is 2.42. The van der Waals surface area contributed by atoms with Gasteiger partial charge in [0.1, 0.15) is 11.5 Å². The summed E-state index contributed by atoms with van der Waals surface area (Å²) in [5.41, 5.74) is 5.05. The molecule has 3 aromatic carbocycles. The number of ether oxygens (including phenoxy) is 2. The van der Waals surface area contributed by atoms with Crippen molar-refractivity contribution in [3.63, 3.8) is 0 Å². The van der Waals surface area contributed by atoms with Crippen LogP contribution in [-0.4, -0.2) is 25.4 Å². The van der Waals surface area contributed by atoms with Crippen molar-refractivity contribution < 1.29 is 19.1 Å². The van der Waals surface area contributed by atoms with Crippen LogP contribution in [0, 0.1) is 0 Å². The summed E-state index contributed by atoms with van der Waals surface area (Å²) in [6.07, 6.45) is 4.27. The van der Waals surface area contributed by atoms with E-state index in [9.17, 15) is 9.59 Å². The minimum Gasteiger partial charge on any atom is -0.497 e. The number of unbranched alkanes of at least 4 members (excludes halogenated alkanes) is 2. The number of fused-ring (bicyclic) bond motifs is 1.